The van der Waals surface area contributed by atoms with Crippen molar-refractivity contribution >= 4 is 33.4 Å². The van der Waals surface area contributed by atoms with Gasteiger partial charge in [-0.3, -0.25) is 9.59 Å². The first kappa shape index (κ1) is 20.3. The quantitative estimate of drug-likeness (QED) is 0.506. The zero-order valence-electron chi connectivity index (χ0n) is 17.2. The van der Waals surface area contributed by atoms with Crippen LogP contribution in [0.3, 0.4) is 0 Å². The summed E-state index contributed by atoms with van der Waals surface area (Å²) in [5.74, 6) is -1.19. The highest BCUT2D eigenvalue weighted by Crippen LogP contribution is 2.20. The van der Waals surface area contributed by atoms with Gasteiger partial charge in [0.05, 0.1) is 11.4 Å². The largest absolute Gasteiger partial charge is 0.451 e. The summed E-state index contributed by atoms with van der Waals surface area (Å²) in [6, 6.07) is 20.4. The van der Waals surface area contributed by atoms with Crippen molar-refractivity contribution in [2.75, 3.05) is 6.61 Å². The van der Waals surface area contributed by atoms with Crippen LogP contribution in [0.5, 0.6) is 0 Å². The van der Waals surface area contributed by atoms with E-state index in [0.29, 0.717) is 10.8 Å². The lowest BCUT2D eigenvalue weighted by atomic mass is 10.0. The zero-order valence-corrected chi connectivity index (χ0v) is 17.2. The smallest absolute Gasteiger partial charge is 0.359 e. The molecule has 7 nitrogen and oxygen atoms in total. The number of carbonyl (C=O) groups is 2. The molecule has 0 spiro atoms. The van der Waals surface area contributed by atoms with Crippen molar-refractivity contribution in [2.24, 2.45) is 7.05 Å². The number of ether oxygens (including phenoxy) is 1. The molecular formula is C24H21N3O4. The molecule has 1 aromatic heterocycles. The summed E-state index contributed by atoms with van der Waals surface area (Å²) >= 11 is 0. The molecule has 0 fully saturated rings. The van der Waals surface area contributed by atoms with E-state index in [1.165, 1.54) is 7.05 Å². The average molecular weight is 415 g/mol. The minimum atomic E-state index is -0.764. The second kappa shape index (κ2) is 8.39. The molecular weight excluding hydrogens is 394 g/mol. The summed E-state index contributed by atoms with van der Waals surface area (Å²) < 4.78 is 6.26. The Labute approximate surface area is 178 Å². The molecule has 3 aromatic carbocycles. The van der Waals surface area contributed by atoms with Crippen LogP contribution in [0, 0.1) is 0 Å². The SMILES string of the molecule is CC(NC(=O)COC(=O)c1nn(C)c(=O)c2ccccc12)c1ccc2ccccc2c1. The van der Waals surface area contributed by atoms with E-state index in [9.17, 15) is 14.4 Å². The monoisotopic (exact) mass is 415 g/mol. The molecule has 1 unspecified atom stereocenters. The van der Waals surface area contributed by atoms with Gasteiger partial charge in [-0.25, -0.2) is 9.48 Å². The summed E-state index contributed by atoms with van der Waals surface area (Å²) in [7, 11) is 1.46. The van der Waals surface area contributed by atoms with E-state index in [-0.39, 0.29) is 17.3 Å². The minimum Gasteiger partial charge on any atom is -0.451 e. The Morgan fingerprint density at radius 1 is 1.00 bits per heavy atom. The summed E-state index contributed by atoms with van der Waals surface area (Å²) in [4.78, 5) is 37.1. The number of benzene rings is 3. The lowest BCUT2D eigenvalue weighted by Gasteiger charge is -2.15. The Morgan fingerprint density at radius 2 is 1.68 bits per heavy atom. The van der Waals surface area contributed by atoms with Crippen molar-refractivity contribution in [3.63, 3.8) is 0 Å². The van der Waals surface area contributed by atoms with Gasteiger partial charge < -0.3 is 10.1 Å². The molecule has 0 saturated carbocycles. The number of amides is 1. The maximum absolute atomic E-state index is 12.5. The molecule has 4 aromatic rings. The highest BCUT2D eigenvalue weighted by molar-refractivity contribution is 6.02. The first-order valence-electron chi connectivity index (χ1n) is 9.85. The van der Waals surface area contributed by atoms with Crippen LogP contribution in [0.15, 0.2) is 71.5 Å². The molecule has 156 valence electrons. The number of esters is 1. The number of nitrogens with one attached hydrogen (secondary N) is 1. The highest BCUT2D eigenvalue weighted by atomic mass is 16.5. The molecule has 1 N–H and O–H groups in total. The van der Waals surface area contributed by atoms with Gasteiger partial charge in [0.25, 0.3) is 11.5 Å². The molecule has 0 bridgehead atoms. The lowest BCUT2D eigenvalue weighted by Crippen LogP contribution is -2.31. The first-order valence-corrected chi connectivity index (χ1v) is 9.85. The Hall–Kier alpha value is -4.00. The Balaban J connectivity index is 1.44. The van der Waals surface area contributed by atoms with Crippen LogP contribution in [0.2, 0.25) is 0 Å². The van der Waals surface area contributed by atoms with E-state index in [1.54, 1.807) is 24.3 Å². The number of fused-ring (bicyclic) bond motifs is 2. The van der Waals surface area contributed by atoms with Crippen LogP contribution in [-0.4, -0.2) is 28.3 Å². The number of carbonyl (C=O) groups excluding carboxylic acids is 2. The molecule has 1 amide bonds. The van der Waals surface area contributed by atoms with Gasteiger partial charge in [-0.1, -0.05) is 54.6 Å². The Kier molecular flexibility index (Phi) is 5.49. The van der Waals surface area contributed by atoms with Crippen molar-refractivity contribution in [1.29, 1.82) is 0 Å². The van der Waals surface area contributed by atoms with Crippen molar-refractivity contribution < 1.29 is 14.3 Å². The highest BCUT2D eigenvalue weighted by Gasteiger charge is 2.19. The molecule has 0 radical (unpaired) electrons. The molecule has 0 saturated heterocycles. The Morgan fingerprint density at radius 3 is 2.45 bits per heavy atom. The van der Waals surface area contributed by atoms with Crippen LogP contribution >= 0.6 is 0 Å². The molecule has 31 heavy (non-hydrogen) atoms. The maximum Gasteiger partial charge on any atom is 0.359 e. The fourth-order valence-electron chi connectivity index (χ4n) is 3.49. The second-order valence-corrected chi connectivity index (χ2v) is 7.29. The van der Waals surface area contributed by atoms with E-state index in [1.807, 2.05) is 49.4 Å². The third-order valence-electron chi connectivity index (χ3n) is 5.14. The number of nitrogens with zero attached hydrogens (tertiary/aromatic N) is 2. The average Bonchev–Trinajstić information content (AvgIpc) is 2.79. The number of hydrogen-bond acceptors (Lipinski definition) is 5. The van der Waals surface area contributed by atoms with E-state index >= 15 is 0 Å². The second-order valence-electron chi connectivity index (χ2n) is 7.29. The van der Waals surface area contributed by atoms with E-state index in [2.05, 4.69) is 10.4 Å². The lowest BCUT2D eigenvalue weighted by molar-refractivity contribution is -0.124. The van der Waals surface area contributed by atoms with Gasteiger partial charge in [0.15, 0.2) is 12.3 Å². The zero-order chi connectivity index (χ0) is 22.0. The fourth-order valence-corrected chi connectivity index (χ4v) is 3.49. The van der Waals surface area contributed by atoms with Gasteiger partial charge in [0.1, 0.15) is 0 Å². The summed E-state index contributed by atoms with van der Waals surface area (Å²) in [6.45, 7) is 1.42. The number of hydrogen-bond donors (Lipinski definition) is 1. The molecule has 7 heteroatoms. The third kappa shape index (κ3) is 4.16. The summed E-state index contributed by atoms with van der Waals surface area (Å²) in [5, 5.41) is 9.80. The molecule has 4 rings (SSSR count). The van der Waals surface area contributed by atoms with E-state index < -0.39 is 18.5 Å². The number of aryl methyl sites for hydroxylation is 1. The van der Waals surface area contributed by atoms with Crippen molar-refractivity contribution in [3.8, 4) is 0 Å². The predicted octanol–water partition coefficient (Wildman–Crippen LogP) is 3.12. The van der Waals surface area contributed by atoms with E-state index in [4.69, 9.17) is 4.74 Å². The first-order chi connectivity index (χ1) is 14.9. The van der Waals surface area contributed by atoms with Gasteiger partial charge in [-0.2, -0.15) is 5.10 Å². The maximum atomic E-state index is 12.5. The molecule has 0 aliphatic heterocycles. The van der Waals surface area contributed by atoms with Crippen LogP contribution in [0.25, 0.3) is 21.5 Å². The van der Waals surface area contributed by atoms with Crippen LogP contribution in [0.4, 0.5) is 0 Å². The fraction of sp³-hybridized carbons (Fsp3) is 0.167. The molecule has 0 aliphatic rings. The number of aromatic nitrogens is 2. The van der Waals surface area contributed by atoms with Gasteiger partial charge in [-0.15, -0.1) is 0 Å². The van der Waals surface area contributed by atoms with Gasteiger partial charge in [-0.05, 0) is 35.4 Å². The molecule has 0 aliphatic carbocycles. The minimum absolute atomic E-state index is 0.00641. The van der Waals surface area contributed by atoms with E-state index in [0.717, 1.165) is 21.0 Å². The van der Waals surface area contributed by atoms with Gasteiger partial charge in [0.2, 0.25) is 0 Å². The van der Waals surface area contributed by atoms with Crippen LogP contribution in [-0.2, 0) is 16.6 Å². The van der Waals surface area contributed by atoms with Crippen molar-refractivity contribution in [1.82, 2.24) is 15.1 Å². The van der Waals surface area contributed by atoms with Crippen LogP contribution in [0.1, 0.15) is 29.0 Å². The normalized spacial score (nSPS) is 11.9. The third-order valence-corrected chi connectivity index (χ3v) is 5.14. The molecule has 1 atom stereocenters. The van der Waals surface area contributed by atoms with Crippen molar-refractivity contribution in [2.45, 2.75) is 13.0 Å². The number of rotatable bonds is 5. The van der Waals surface area contributed by atoms with Crippen molar-refractivity contribution in [3.05, 3.63) is 88.3 Å². The predicted molar refractivity (Wildman–Crippen MR) is 118 cm³/mol. The summed E-state index contributed by atoms with van der Waals surface area (Å²) in [5.41, 5.74) is 0.631. The standard InChI is InChI=1S/C24H21N3O4/c1-15(17-12-11-16-7-3-4-8-18(16)13-17)25-21(28)14-31-24(30)22-19-9-5-6-10-20(19)23(29)27(2)26-22/h3-13,15H,14H2,1-2H3,(H,25,28). The molecule has 1 heterocycles. The topological polar surface area (TPSA) is 90.3 Å². The van der Waals surface area contributed by atoms with Gasteiger partial charge in [0, 0.05) is 12.4 Å². The Bertz CT molecular complexity index is 1360. The van der Waals surface area contributed by atoms with Crippen LogP contribution < -0.4 is 10.9 Å². The van der Waals surface area contributed by atoms with Gasteiger partial charge >= 0.3 is 5.97 Å². The summed E-state index contributed by atoms with van der Waals surface area (Å²) in [6.07, 6.45) is 0.